The minimum absolute atomic E-state index is 0.0983. The van der Waals surface area contributed by atoms with Gasteiger partial charge in [0, 0.05) is 15.3 Å². The van der Waals surface area contributed by atoms with Crippen molar-refractivity contribution in [3.63, 3.8) is 0 Å². The molecule has 2 rings (SSSR count). The van der Waals surface area contributed by atoms with E-state index in [-0.39, 0.29) is 11.9 Å². The zero-order chi connectivity index (χ0) is 12.4. The van der Waals surface area contributed by atoms with Crippen LogP contribution in [-0.2, 0) is 0 Å². The van der Waals surface area contributed by atoms with E-state index in [2.05, 4.69) is 37.2 Å². The molecule has 0 saturated heterocycles. The topological polar surface area (TPSA) is 29.1 Å². The number of benzene rings is 1. The van der Waals surface area contributed by atoms with E-state index in [1.165, 1.54) is 0 Å². The molecule has 0 spiro atoms. The van der Waals surface area contributed by atoms with Crippen LogP contribution in [0.2, 0.25) is 5.02 Å². The first-order chi connectivity index (χ1) is 8.08. The summed E-state index contributed by atoms with van der Waals surface area (Å²) in [5.74, 6) is -0.0983. The maximum atomic E-state index is 12.0. The Kier molecular flexibility index (Phi) is 4.50. The molecular formula is C12H12Br2ClNO. The molecular weight excluding hydrogens is 369 g/mol. The average Bonchev–Trinajstić information content (AvgIpc) is 2.64. The van der Waals surface area contributed by atoms with Crippen molar-refractivity contribution in [3.8, 4) is 0 Å². The summed E-state index contributed by atoms with van der Waals surface area (Å²) in [5, 5.41) is 3.49. The van der Waals surface area contributed by atoms with Crippen LogP contribution in [-0.4, -0.2) is 16.8 Å². The van der Waals surface area contributed by atoms with Crippen molar-refractivity contribution in [3.05, 3.63) is 33.3 Å². The number of hydrogen-bond acceptors (Lipinski definition) is 1. The van der Waals surface area contributed by atoms with Gasteiger partial charge in [0.25, 0.3) is 5.91 Å². The summed E-state index contributed by atoms with van der Waals surface area (Å²) in [7, 11) is 0. The van der Waals surface area contributed by atoms with E-state index in [4.69, 9.17) is 11.6 Å². The summed E-state index contributed by atoms with van der Waals surface area (Å²) in [4.78, 5) is 12.4. The summed E-state index contributed by atoms with van der Waals surface area (Å²) >= 11 is 12.9. The van der Waals surface area contributed by atoms with E-state index in [9.17, 15) is 4.79 Å². The SMILES string of the molecule is O=C(NC1CCCC1Br)c1ccc(Br)cc1Cl. The fourth-order valence-corrected chi connectivity index (χ4v) is 3.48. The fourth-order valence-electron chi connectivity index (χ4n) is 2.00. The quantitative estimate of drug-likeness (QED) is 0.766. The van der Waals surface area contributed by atoms with Crippen molar-refractivity contribution in [1.82, 2.24) is 5.32 Å². The molecule has 0 bridgehead atoms. The third kappa shape index (κ3) is 3.24. The number of carbonyl (C=O) groups is 1. The zero-order valence-corrected chi connectivity index (χ0v) is 13.0. The van der Waals surface area contributed by atoms with Crippen LogP contribution in [0.5, 0.6) is 0 Å². The number of amides is 1. The van der Waals surface area contributed by atoms with Crippen LogP contribution in [0.1, 0.15) is 29.6 Å². The number of nitrogens with one attached hydrogen (secondary N) is 1. The molecule has 0 radical (unpaired) electrons. The van der Waals surface area contributed by atoms with Gasteiger partial charge in [-0.15, -0.1) is 0 Å². The van der Waals surface area contributed by atoms with Crippen LogP contribution in [0.4, 0.5) is 0 Å². The number of alkyl halides is 1. The van der Waals surface area contributed by atoms with Crippen LogP contribution >= 0.6 is 43.5 Å². The Balaban J connectivity index is 2.09. The standard InChI is InChI=1S/C12H12Br2ClNO/c13-7-4-5-8(10(15)6-7)12(17)16-11-3-1-2-9(11)14/h4-6,9,11H,1-3H2,(H,16,17). The maximum Gasteiger partial charge on any atom is 0.253 e. The second kappa shape index (κ2) is 5.72. The van der Waals surface area contributed by atoms with E-state index < -0.39 is 0 Å². The molecule has 1 aliphatic rings. The zero-order valence-electron chi connectivity index (χ0n) is 9.05. The lowest BCUT2D eigenvalue weighted by atomic mass is 10.2. The van der Waals surface area contributed by atoms with Gasteiger partial charge in [0.05, 0.1) is 10.6 Å². The lowest BCUT2D eigenvalue weighted by Crippen LogP contribution is -2.37. The van der Waals surface area contributed by atoms with E-state index in [1.807, 2.05) is 6.07 Å². The molecule has 0 aromatic heterocycles. The molecule has 1 saturated carbocycles. The van der Waals surface area contributed by atoms with Gasteiger partial charge in [0.1, 0.15) is 0 Å². The highest BCUT2D eigenvalue weighted by molar-refractivity contribution is 9.10. The minimum Gasteiger partial charge on any atom is -0.348 e. The largest absolute Gasteiger partial charge is 0.348 e. The molecule has 92 valence electrons. The van der Waals surface area contributed by atoms with Gasteiger partial charge in [-0.25, -0.2) is 0 Å². The Morgan fingerprint density at radius 2 is 2.18 bits per heavy atom. The van der Waals surface area contributed by atoms with E-state index >= 15 is 0 Å². The van der Waals surface area contributed by atoms with E-state index in [0.29, 0.717) is 15.4 Å². The molecule has 1 amide bonds. The second-order valence-electron chi connectivity index (χ2n) is 4.15. The van der Waals surface area contributed by atoms with Gasteiger partial charge >= 0.3 is 0 Å². The molecule has 1 fully saturated rings. The molecule has 2 nitrogen and oxygen atoms in total. The van der Waals surface area contributed by atoms with Gasteiger partial charge in [-0.3, -0.25) is 4.79 Å². The van der Waals surface area contributed by atoms with Gasteiger partial charge in [0.15, 0.2) is 0 Å². The predicted molar refractivity (Wildman–Crippen MR) is 77.0 cm³/mol. The first-order valence-electron chi connectivity index (χ1n) is 5.48. The monoisotopic (exact) mass is 379 g/mol. The third-order valence-electron chi connectivity index (χ3n) is 2.92. The Hall–Kier alpha value is -0.0600. The third-order valence-corrected chi connectivity index (χ3v) is 4.83. The molecule has 1 N–H and O–H groups in total. The summed E-state index contributed by atoms with van der Waals surface area (Å²) < 4.78 is 0.873. The lowest BCUT2D eigenvalue weighted by molar-refractivity contribution is 0.0939. The highest BCUT2D eigenvalue weighted by Crippen LogP contribution is 2.27. The van der Waals surface area contributed by atoms with E-state index in [1.54, 1.807) is 12.1 Å². The number of hydrogen-bond donors (Lipinski definition) is 1. The molecule has 0 aliphatic heterocycles. The number of rotatable bonds is 2. The molecule has 0 heterocycles. The Labute approximate surface area is 122 Å². The van der Waals surface area contributed by atoms with Crippen LogP contribution in [0.25, 0.3) is 0 Å². The first kappa shape index (κ1) is 13.4. The molecule has 2 unspecified atom stereocenters. The van der Waals surface area contributed by atoms with Crippen LogP contribution in [0.15, 0.2) is 22.7 Å². The highest BCUT2D eigenvalue weighted by Gasteiger charge is 2.26. The number of halogens is 3. The predicted octanol–water partition coefficient (Wildman–Crippen LogP) is 4.15. The summed E-state index contributed by atoms with van der Waals surface area (Å²) in [5.41, 5.74) is 0.529. The second-order valence-corrected chi connectivity index (χ2v) is 6.65. The van der Waals surface area contributed by atoms with Crippen molar-refractivity contribution in [2.75, 3.05) is 0 Å². The van der Waals surface area contributed by atoms with Crippen molar-refractivity contribution in [2.45, 2.75) is 30.1 Å². The Morgan fingerprint density at radius 3 is 2.76 bits per heavy atom. The van der Waals surface area contributed by atoms with Crippen molar-refractivity contribution in [1.29, 1.82) is 0 Å². The highest BCUT2D eigenvalue weighted by atomic mass is 79.9. The van der Waals surface area contributed by atoms with Crippen molar-refractivity contribution >= 4 is 49.4 Å². The Bertz CT molecular complexity index is 439. The van der Waals surface area contributed by atoms with Gasteiger partial charge in [0.2, 0.25) is 0 Å². The van der Waals surface area contributed by atoms with Crippen molar-refractivity contribution in [2.24, 2.45) is 0 Å². The smallest absolute Gasteiger partial charge is 0.253 e. The average molecular weight is 381 g/mol. The first-order valence-corrected chi connectivity index (χ1v) is 7.56. The summed E-state index contributed by atoms with van der Waals surface area (Å²) in [6.07, 6.45) is 3.28. The summed E-state index contributed by atoms with van der Waals surface area (Å²) in [6.45, 7) is 0. The molecule has 1 aromatic rings. The molecule has 17 heavy (non-hydrogen) atoms. The van der Waals surface area contributed by atoms with Gasteiger partial charge in [-0.2, -0.15) is 0 Å². The van der Waals surface area contributed by atoms with Crippen LogP contribution in [0, 0.1) is 0 Å². The fraction of sp³-hybridized carbons (Fsp3) is 0.417. The molecule has 1 aromatic carbocycles. The van der Waals surface area contributed by atoms with Gasteiger partial charge in [-0.05, 0) is 31.0 Å². The molecule has 5 heteroatoms. The van der Waals surface area contributed by atoms with Crippen LogP contribution < -0.4 is 5.32 Å². The number of carbonyl (C=O) groups excluding carboxylic acids is 1. The van der Waals surface area contributed by atoms with E-state index in [0.717, 1.165) is 23.7 Å². The minimum atomic E-state index is -0.0983. The van der Waals surface area contributed by atoms with Crippen molar-refractivity contribution < 1.29 is 4.79 Å². The maximum absolute atomic E-state index is 12.0. The lowest BCUT2D eigenvalue weighted by Gasteiger charge is -2.16. The molecule has 1 aliphatic carbocycles. The molecule has 2 atom stereocenters. The van der Waals surface area contributed by atoms with Gasteiger partial charge in [-0.1, -0.05) is 49.9 Å². The van der Waals surface area contributed by atoms with Crippen LogP contribution in [0.3, 0.4) is 0 Å². The van der Waals surface area contributed by atoms with Gasteiger partial charge < -0.3 is 5.32 Å². The summed E-state index contributed by atoms with van der Waals surface area (Å²) in [6, 6.07) is 5.50. The normalized spacial score (nSPS) is 23.7. The Morgan fingerprint density at radius 1 is 1.41 bits per heavy atom.